The van der Waals surface area contributed by atoms with Crippen LogP contribution in [0.5, 0.6) is 0 Å². The molecule has 6 nitrogen and oxygen atoms in total. The van der Waals surface area contributed by atoms with Crippen LogP contribution in [0.15, 0.2) is 12.3 Å². The van der Waals surface area contributed by atoms with E-state index in [0.717, 1.165) is 48.5 Å². The van der Waals surface area contributed by atoms with Crippen LogP contribution in [-0.4, -0.2) is 36.9 Å². The second-order valence-electron chi connectivity index (χ2n) is 6.06. The maximum atomic E-state index is 13.1. The number of hydrogen-bond acceptors (Lipinski definition) is 3. The summed E-state index contributed by atoms with van der Waals surface area (Å²) in [6, 6.07) is 2.12. The predicted octanol–water partition coefficient (Wildman–Crippen LogP) is 2.14. The highest BCUT2D eigenvalue weighted by Gasteiger charge is 2.32. The van der Waals surface area contributed by atoms with Crippen LogP contribution in [0, 0.1) is 13.8 Å². The number of aromatic nitrogens is 4. The Bertz CT molecular complexity index is 699. The Morgan fingerprint density at radius 3 is 2.59 bits per heavy atom. The van der Waals surface area contributed by atoms with Crippen LogP contribution >= 0.6 is 0 Å². The van der Waals surface area contributed by atoms with Gasteiger partial charge in [-0.3, -0.25) is 14.2 Å². The number of amides is 1. The van der Waals surface area contributed by atoms with Crippen LogP contribution in [0.25, 0.3) is 0 Å². The van der Waals surface area contributed by atoms with Crippen molar-refractivity contribution >= 4 is 5.91 Å². The van der Waals surface area contributed by atoms with Crippen molar-refractivity contribution < 1.29 is 4.79 Å². The molecule has 118 valence electrons. The average Bonchev–Trinajstić information content (AvgIpc) is 3.02. The highest BCUT2D eigenvalue weighted by Crippen LogP contribution is 2.32. The fraction of sp³-hybridized carbons (Fsp3) is 0.562. The number of aryl methyl sites for hydroxylation is 3. The Balaban J connectivity index is 1.97. The lowest BCUT2D eigenvalue weighted by Gasteiger charge is -2.36. The minimum Gasteiger partial charge on any atom is -0.330 e. The molecule has 6 heteroatoms. The second kappa shape index (κ2) is 5.59. The Morgan fingerprint density at radius 2 is 2.00 bits per heavy atom. The zero-order chi connectivity index (χ0) is 15.9. The standard InChI is InChI=1S/C16H23N5O/c1-11-15(12(2)19(3)18-11)16(22)21-10-6-5-7-14(21)13-8-9-17-20(13)4/h8-9,14H,5-7,10H2,1-4H3/t14-/m1/s1. The molecule has 1 amide bonds. The van der Waals surface area contributed by atoms with E-state index in [1.165, 1.54) is 0 Å². The number of likely N-dealkylation sites (tertiary alicyclic amines) is 1. The quantitative estimate of drug-likeness (QED) is 0.854. The molecule has 1 saturated heterocycles. The normalized spacial score (nSPS) is 18.7. The van der Waals surface area contributed by atoms with Crippen LogP contribution in [0.3, 0.4) is 0 Å². The van der Waals surface area contributed by atoms with Crippen molar-refractivity contribution in [2.24, 2.45) is 14.1 Å². The molecule has 22 heavy (non-hydrogen) atoms. The van der Waals surface area contributed by atoms with E-state index in [4.69, 9.17) is 0 Å². The van der Waals surface area contributed by atoms with E-state index >= 15 is 0 Å². The third-order valence-electron chi connectivity index (χ3n) is 4.69. The average molecular weight is 301 g/mol. The molecule has 0 unspecified atom stereocenters. The van der Waals surface area contributed by atoms with Gasteiger partial charge in [0.25, 0.3) is 5.91 Å². The molecule has 3 rings (SSSR count). The van der Waals surface area contributed by atoms with Crippen LogP contribution in [0.1, 0.15) is 52.7 Å². The second-order valence-corrected chi connectivity index (χ2v) is 6.06. The first-order valence-corrected chi connectivity index (χ1v) is 7.79. The van der Waals surface area contributed by atoms with Crippen molar-refractivity contribution in [2.45, 2.75) is 39.2 Å². The van der Waals surface area contributed by atoms with Gasteiger partial charge in [-0.05, 0) is 39.2 Å². The number of rotatable bonds is 2. The van der Waals surface area contributed by atoms with Gasteiger partial charge in [0, 0.05) is 32.5 Å². The molecule has 0 aliphatic carbocycles. The molecule has 0 saturated carbocycles. The summed E-state index contributed by atoms with van der Waals surface area (Å²) in [4.78, 5) is 15.1. The van der Waals surface area contributed by atoms with E-state index in [2.05, 4.69) is 10.2 Å². The first-order valence-electron chi connectivity index (χ1n) is 7.79. The zero-order valence-electron chi connectivity index (χ0n) is 13.7. The molecule has 1 aliphatic heterocycles. The van der Waals surface area contributed by atoms with Gasteiger partial charge < -0.3 is 4.90 Å². The van der Waals surface area contributed by atoms with E-state index in [9.17, 15) is 4.79 Å². The van der Waals surface area contributed by atoms with Crippen molar-refractivity contribution in [1.29, 1.82) is 0 Å². The van der Waals surface area contributed by atoms with Gasteiger partial charge in [0.1, 0.15) is 0 Å². The van der Waals surface area contributed by atoms with Gasteiger partial charge in [-0.15, -0.1) is 0 Å². The maximum absolute atomic E-state index is 13.1. The Hall–Kier alpha value is -2.11. The summed E-state index contributed by atoms with van der Waals surface area (Å²) in [6.45, 7) is 4.65. The lowest BCUT2D eigenvalue weighted by Crippen LogP contribution is -2.39. The third-order valence-corrected chi connectivity index (χ3v) is 4.69. The molecule has 1 fully saturated rings. The zero-order valence-corrected chi connectivity index (χ0v) is 13.7. The third kappa shape index (κ3) is 2.32. The molecular weight excluding hydrogens is 278 g/mol. The van der Waals surface area contributed by atoms with Gasteiger partial charge in [-0.1, -0.05) is 0 Å². The van der Waals surface area contributed by atoms with E-state index < -0.39 is 0 Å². The van der Waals surface area contributed by atoms with Crippen molar-refractivity contribution in [2.75, 3.05) is 6.54 Å². The van der Waals surface area contributed by atoms with Crippen molar-refractivity contribution in [3.8, 4) is 0 Å². The van der Waals surface area contributed by atoms with Gasteiger partial charge in [0.2, 0.25) is 0 Å². The molecule has 3 heterocycles. The number of carbonyl (C=O) groups is 1. The summed E-state index contributed by atoms with van der Waals surface area (Å²) < 4.78 is 3.66. The highest BCUT2D eigenvalue weighted by molar-refractivity contribution is 5.96. The van der Waals surface area contributed by atoms with Crippen LogP contribution in [0.4, 0.5) is 0 Å². The smallest absolute Gasteiger partial charge is 0.258 e. The monoisotopic (exact) mass is 301 g/mol. The van der Waals surface area contributed by atoms with Crippen LogP contribution < -0.4 is 0 Å². The van der Waals surface area contributed by atoms with Crippen molar-refractivity contribution in [1.82, 2.24) is 24.5 Å². The predicted molar refractivity (Wildman–Crippen MR) is 83.5 cm³/mol. The first kappa shape index (κ1) is 14.8. The van der Waals surface area contributed by atoms with E-state index in [-0.39, 0.29) is 11.9 Å². The van der Waals surface area contributed by atoms with Gasteiger partial charge in [-0.2, -0.15) is 10.2 Å². The minimum atomic E-state index is 0.0917. The molecule has 0 bridgehead atoms. The van der Waals surface area contributed by atoms with Gasteiger partial charge >= 0.3 is 0 Å². The fourth-order valence-electron chi connectivity index (χ4n) is 3.42. The van der Waals surface area contributed by atoms with Crippen LogP contribution in [0.2, 0.25) is 0 Å². The summed E-state index contributed by atoms with van der Waals surface area (Å²) in [5, 5.41) is 8.64. The SMILES string of the molecule is Cc1nn(C)c(C)c1C(=O)N1CCCC[C@@H]1c1ccnn1C. The summed E-state index contributed by atoms with van der Waals surface area (Å²) in [7, 11) is 3.82. The van der Waals surface area contributed by atoms with E-state index in [1.54, 1.807) is 10.9 Å². The van der Waals surface area contributed by atoms with Crippen molar-refractivity contribution in [3.63, 3.8) is 0 Å². The molecular formula is C16H23N5O. The van der Waals surface area contributed by atoms with Crippen molar-refractivity contribution in [3.05, 3.63) is 34.9 Å². The maximum Gasteiger partial charge on any atom is 0.258 e. The molecule has 0 N–H and O–H groups in total. The summed E-state index contributed by atoms with van der Waals surface area (Å²) in [5.74, 6) is 0.0917. The Labute approximate surface area is 130 Å². The van der Waals surface area contributed by atoms with Gasteiger partial charge in [0.15, 0.2) is 0 Å². The number of carbonyl (C=O) groups excluding carboxylic acids is 1. The minimum absolute atomic E-state index is 0.0917. The largest absolute Gasteiger partial charge is 0.330 e. The molecule has 2 aromatic heterocycles. The first-order chi connectivity index (χ1) is 10.5. The van der Waals surface area contributed by atoms with Gasteiger partial charge in [0.05, 0.1) is 23.0 Å². The van der Waals surface area contributed by atoms with E-state index in [1.807, 2.05) is 43.6 Å². The Morgan fingerprint density at radius 1 is 1.23 bits per heavy atom. The molecule has 0 radical (unpaired) electrons. The summed E-state index contributed by atoms with van der Waals surface area (Å²) in [6.07, 6.45) is 4.99. The highest BCUT2D eigenvalue weighted by atomic mass is 16.2. The number of nitrogens with zero attached hydrogens (tertiary/aromatic N) is 5. The fourth-order valence-corrected chi connectivity index (χ4v) is 3.42. The molecule has 2 aromatic rings. The molecule has 0 aromatic carbocycles. The summed E-state index contributed by atoms with van der Waals surface area (Å²) >= 11 is 0. The summed E-state index contributed by atoms with van der Waals surface area (Å²) in [5.41, 5.74) is 3.58. The lowest BCUT2D eigenvalue weighted by atomic mass is 9.97. The molecule has 1 atom stereocenters. The van der Waals surface area contributed by atoms with Gasteiger partial charge in [-0.25, -0.2) is 0 Å². The van der Waals surface area contributed by atoms with E-state index in [0.29, 0.717) is 0 Å². The lowest BCUT2D eigenvalue weighted by molar-refractivity contribution is 0.0599. The molecule has 0 spiro atoms. The van der Waals surface area contributed by atoms with Crippen LogP contribution in [-0.2, 0) is 14.1 Å². The Kier molecular flexibility index (Phi) is 3.76. The number of hydrogen-bond donors (Lipinski definition) is 0. The number of piperidine rings is 1. The topological polar surface area (TPSA) is 56.0 Å². The molecule has 1 aliphatic rings.